The number of carbonyl (C=O) groups excluding carboxylic acids is 1. The zero-order valence-electron chi connectivity index (χ0n) is 8.47. The Balaban J connectivity index is 2.95. The van der Waals surface area contributed by atoms with E-state index in [0.29, 0.717) is 11.1 Å². The molecule has 1 aromatic carbocycles. The molecule has 1 aromatic rings. The van der Waals surface area contributed by atoms with Gasteiger partial charge >= 0.3 is 0 Å². The van der Waals surface area contributed by atoms with Crippen molar-refractivity contribution in [3.8, 4) is 0 Å². The van der Waals surface area contributed by atoms with Crippen LogP contribution in [0.1, 0.15) is 29.3 Å². The van der Waals surface area contributed by atoms with E-state index in [1.807, 2.05) is 6.08 Å². The van der Waals surface area contributed by atoms with E-state index in [0.717, 1.165) is 11.8 Å². The highest BCUT2D eigenvalue weighted by molar-refractivity contribution is 9.09. The van der Waals surface area contributed by atoms with Crippen LogP contribution in [0.5, 0.6) is 0 Å². The second-order valence-corrected chi connectivity index (χ2v) is 3.97. The predicted octanol–water partition coefficient (Wildman–Crippen LogP) is 3.83. The van der Waals surface area contributed by atoms with Gasteiger partial charge in [-0.15, -0.1) is 0 Å². The Hall–Kier alpha value is -0.960. The molecule has 0 aliphatic heterocycles. The number of ketones is 1. The molecule has 0 amide bonds. The lowest BCUT2D eigenvalue weighted by Crippen LogP contribution is -1.94. The van der Waals surface area contributed by atoms with Crippen molar-refractivity contribution in [2.45, 2.75) is 13.3 Å². The normalized spacial score (nSPS) is 10.9. The van der Waals surface area contributed by atoms with Crippen LogP contribution in [-0.2, 0) is 0 Å². The Morgan fingerprint density at radius 2 is 2.27 bits per heavy atom. The highest BCUT2D eigenvalue weighted by Gasteiger charge is 2.03. The van der Waals surface area contributed by atoms with Gasteiger partial charge in [-0.25, -0.2) is 4.39 Å². The molecule has 0 fully saturated rings. The summed E-state index contributed by atoms with van der Waals surface area (Å²) in [4.78, 5) is 11.1. The van der Waals surface area contributed by atoms with Crippen molar-refractivity contribution in [1.29, 1.82) is 0 Å². The fourth-order valence-corrected chi connectivity index (χ4v) is 1.43. The summed E-state index contributed by atoms with van der Waals surface area (Å²) in [6.45, 7) is 1.47. The van der Waals surface area contributed by atoms with E-state index in [1.165, 1.54) is 19.1 Å². The smallest absolute Gasteiger partial charge is 0.159 e. The van der Waals surface area contributed by atoms with Crippen LogP contribution in [0.4, 0.5) is 4.39 Å². The maximum atomic E-state index is 13.3. The minimum Gasteiger partial charge on any atom is -0.295 e. The number of allylic oxidation sites excluding steroid dienone is 1. The van der Waals surface area contributed by atoms with E-state index in [1.54, 1.807) is 12.1 Å². The molecular weight excluding hydrogens is 259 g/mol. The molecule has 15 heavy (non-hydrogen) atoms. The van der Waals surface area contributed by atoms with Crippen LogP contribution in [0.15, 0.2) is 24.3 Å². The topological polar surface area (TPSA) is 17.1 Å². The van der Waals surface area contributed by atoms with Gasteiger partial charge < -0.3 is 0 Å². The summed E-state index contributed by atoms with van der Waals surface area (Å²) in [6.07, 6.45) is 4.41. The number of benzene rings is 1. The molecule has 0 unspecified atom stereocenters. The van der Waals surface area contributed by atoms with Crippen molar-refractivity contribution in [2.75, 3.05) is 5.33 Å². The van der Waals surface area contributed by atoms with Gasteiger partial charge in [0, 0.05) is 16.5 Å². The number of alkyl halides is 1. The maximum Gasteiger partial charge on any atom is 0.159 e. The molecule has 0 radical (unpaired) electrons. The summed E-state index contributed by atoms with van der Waals surface area (Å²) in [5.74, 6) is -0.351. The van der Waals surface area contributed by atoms with E-state index in [-0.39, 0.29) is 11.6 Å². The fraction of sp³-hybridized carbons (Fsp3) is 0.250. The monoisotopic (exact) mass is 270 g/mol. The molecule has 0 aliphatic carbocycles. The molecule has 0 saturated heterocycles. The van der Waals surface area contributed by atoms with Crippen molar-refractivity contribution in [2.24, 2.45) is 0 Å². The van der Waals surface area contributed by atoms with E-state index in [2.05, 4.69) is 15.9 Å². The molecule has 3 heteroatoms. The van der Waals surface area contributed by atoms with Gasteiger partial charge in [-0.1, -0.05) is 28.1 Å². The maximum absolute atomic E-state index is 13.3. The molecule has 80 valence electrons. The summed E-state index contributed by atoms with van der Waals surface area (Å²) >= 11 is 3.28. The van der Waals surface area contributed by atoms with Gasteiger partial charge in [0.2, 0.25) is 0 Å². The Morgan fingerprint density at radius 3 is 2.87 bits per heavy atom. The summed E-state index contributed by atoms with van der Waals surface area (Å²) in [7, 11) is 0. The highest BCUT2D eigenvalue weighted by atomic mass is 79.9. The van der Waals surface area contributed by atoms with Gasteiger partial charge in [0.15, 0.2) is 5.78 Å². The zero-order valence-corrected chi connectivity index (χ0v) is 10.1. The van der Waals surface area contributed by atoms with Gasteiger partial charge in [-0.05, 0) is 31.5 Å². The number of Topliss-reactive ketones (excluding diaryl/α,β-unsaturated/α-hetero) is 1. The molecule has 0 atom stereocenters. The number of halogens is 2. The lowest BCUT2D eigenvalue weighted by molar-refractivity contribution is 0.101. The predicted molar refractivity (Wildman–Crippen MR) is 63.8 cm³/mol. The third kappa shape index (κ3) is 3.59. The number of hydrogen-bond acceptors (Lipinski definition) is 1. The Bertz CT molecular complexity index is 385. The molecule has 0 aliphatic rings. The van der Waals surface area contributed by atoms with Crippen molar-refractivity contribution >= 4 is 27.8 Å². The summed E-state index contributed by atoms with van der Waals surface area (Å²) < 4.78 is 13.3. The first-order valence-corrected chi connectivity index (χ1v) is 5.80. The fourth-order valence-electron chi connectivity index (χ4n) is 1.16. The van der Waals surface area contributed by atoms with Crippen LogP contribution in [0.2, 0.25) is 0 Å². The average Bonchev–Trinajstić information content (AvgIpc) is 2.20. The number of hydrogen-bond donors (Lipinski definition) is 0. The molecular formula is C12H12BrFO. The van der Waals surface area contributed by atoms with Crippen molar-refractivity contribution < 1.29 is 9.18 Å². The minimum atomic E-state index is -0.300. The lowest BCUT2D eigenvalue weighted by atomic mass is 10.1. The second-order valence-electron chi connectivity index (χ2n) is 3.17. The van der Waals surface area contributed by atoms with Crippen LogP contribution < -0.4 is 0 Å². The number of carbonyl (C=O) groups is 1. The first-order valence-electron chi connectivity index (χ1n) is 4.68. The van der Waals surface area contributed by atoms with E-state index in [9.17, 15) is 9.18 Å². The van der Waals surface area contributed by atoms with Crippen molar-refractivity contribution in [3.05, 3.63) is 41.2 Å². The Kier molecular flexibility index (Phi) is 4.69. The third-order valence-corrected chi connectivity index (χ3v) is 2.43. The highest BCUT2D eigenvalue weighted by Crippen LogP contribution is 2.13. The Labute approximate surface area is 97.1 Å². The van der Waals surface area contributed by atoms with Crippen LogP contribution in [0.25, 0.3) is 6.08 Å². The van der Waals surface area contributed by atoms with Gasteiger partial charge in [0.25, 0.3) is 0 Å². The second kappa shape index (κ2) is 5.81. The number of rotatable bonds is 4. The molecule has 0 N–H and O–H groups in total. The van der Waals surface area contributed by atoms with E-state index < -0.39 is 0 Å². The first-order chi connectivity index (χ1) is 7.15. The first kappa shape index (κ1) is 12.1. The molecule has 1 rings (SSSR count). The Morgan fingerprint density at radius 1 is 1.53 bits per heavy atom. The van der Waals surface area contributed by atoms with Crippen LogP contribution in [0.3, 0.4) is 0 Å². The van der Waals surface area contributed by atoms with Crippen molar-refractivity contribution in [1.82, 2.24) is 0 Å². The summed E-state index contributed by atoms with van der Waals surface area (Å²) in [5, 5.41) is 0.845. The summed E-state index contributed by atoms with van der Waals surface area (Å²) in [5.41, 5.74) is 0.999. The SMILES string of the molecule is CC(=O)c1ccc(F)c(C=CCCBr)c1. The van der Waals surface area contributed by atoms with Gasteiger partial charge in [0.05, 0.1) is 0 Å². The lowest BCUT2D eigenvalue weighted by Gasteiger charge is -2.00. The van der Waals surface area contributed by atoms with Gasteiger partial charge in [-0.3, -0.25) is 4.79 Å². The van der Waals surface area contributed by atoms with E-state index >= 15 is 0 Å². The standard InChI is InChI=1S/C12H12BrFO/c1-9(15)10-5-6-12(14)11(8-10)4-2-3-7-13/h2,4-6,8H,3,7H2,1H3. The molecule has 0 bridgehead atoms. The quantitative estimate of drug-likeness (QED) is 0.601. The molecule has 0 aromatic heterocycles. The van der Waals surface area contributed by atoms with Gasteiger partial charge in [0.1, 0.15) is 5.82 Å². The van der Waals surface area contributed by atoms with E-state index in [4.69, 9.17) is 0 Å². The largest absolute Gasteiger partial charge is 0.295 e. The molecule has 0 spiro atoms. The molecule has 0 saturated carbocycles. The zero-order chi connectivity index (χ0) is 11.3. The van der Waals surface area contributed by atoms with Crippen LogP contribution in [-0.4, -0.2) is 11.1 Å². The molecule has 0 heterocycles. The third-order valence-electron chi connectivity index (χ3n) is 1.98. The van der Waals surface area contributed by atoms with Gasteiger partial charge in [-0.2, -0.15) is 0 Å². The average molecular weight is 271 g/mol. The van der Waals surface area contributed by atoms with Crippen LogP contribution in [0, 0.1) is 5.82 Å². The summed E-state index contributed by atoms with van der Waals surface area (Å²) in [6, 6.07) is 4.40. The van der Waals surface area contributed by atoms with Crippen LogP contribution >= 0.6 is 15.9 Å². The molecule has 1 nitrogen and oxygen atoms in total. The van der Waals surface area contributed by atoms with Crippen molar-refractivity contribution in [3.63, 3.8) is 0 Å². The minimum absolute atomic E-state index is 0.0508.